The van der Waals surface area contributed by atoms with Crippen LogP contribution in [0.2, 0.25) is 0 Å². The SMILES string of the molecule is CN1CCC(CCON)CC1. The molecule has 2 N–H and O–H groups in total. The average Bonchev–Trinajstić information content (AvgIpc) is 2.04. The highest BCUT2D eigenvalue weighted by molar-refractivity contribution is 4.69. The third-order valence-electron chi connectivity index (χ3n) is 2.48. The van der Waals surface area contributed by atoms with Crippen LogP contribution < -0.4 is 5.90 Å². The molecule has 0 aliphatic carbocycles. The van der Waals surface area contributed by atoms with Crippen LogP contribution in [0.1, 0.15) is 19.3 Å². The third-order valence-corrected chi connectivity index (χ3v) is 2.48. The number of rotatable bonds is 3. The van der Waals surface area contributed by atoms with Crippen molar-refractivity contribution >= 4 is 0 Å². The predicted octanol–water partition coefficient (Wildman–Crippen LogP) is 0.609. The van der Waals surface area contributed by atoms with Crippen molar-refractivity contribution in [1.82, 2.24) is 4.90 Å². The highest BCUT2D eigenvalue weighted by Gasteiger charge is 2.15. The first-order valence-corrected chi connectivity index (χ1v) is 4.33. The maximum atomic E-state index is 4.96. The molecule has 1 aliphatic heterocycles. The van der Waals surface area contributed by atoms with Crippen LogP contribution in [0.15, 0.2) is 0 Å². The van der Waals surface area contributed by atoms with E-state index in [-0.39, 0.29) is 0 Å². The fraction of sp³-hybridized carbons (Fsp3) is 1.00. The molecular formula is C8H18N2O. The molecule has 11 heavy (non-hydrogen) atoms. The van der Waals surface area contributed by atoms with E-state index in [2.05, 4.69) is 16.8 Å². The maximum Gasteiger partial charge on any atom is 0.0681 e. The fourth-order valence-corrected chi connectivity index (χ4v) is 1.59. The molecule has 1 aliphatic rings. The van der Waals surface area contributed by atoms with Gasteiger partial charge in [-0.2, -0.15) is 0 Å². The van der Waals surface area contributed by atoms with Crippen molar-refractivity contribution < 1.29 is 4.84 Å². The van der Waals surface area contributed by atoms with Gasteiger partial charge in [0.25, 0.3) is 0 Å². The van der Waals surface area contributed by atoms with Crippen molar-refractivity contribution in [2.75, 3.05) is 26.7 Å². The molecule has 0 amide bonds. The van der Waals surface area contributed by atoms with Crippen molar-refractivity contribution in [3.63, 3.8) is 0 Å². The van der Waals surface area contributed by atoms with Gasteiger partial charge in [-0.3, -0.25) is 0 Å². The molecule has 3 nitrogen and oxygen atoms in total. The Hall–Kier alpha value is -0.120. The molecule has 0 aromatic rings. The Balaban J connectivity index is 2.07. The van der Waals surface area contributed by atoms with Crippen LogP contribution in [0.3, 0.4) is 0 Å². The Bertz CT molecular complexity index is 97.5. The van der Waals surface area contributed by atoms with Gasteiger partial charge in [0.1, 0.15) is 0 Å². The molecule has 1 saturated heterocycles. The number of nitrogens with two attached hydrogens (primary N) is 1. The Morgan fingerprint density at radius 2 is 2.09 bits per heavy atom. The van der Waals surface area contributed by atoms with Crippen LogP contribution >= 0.6 is 0 Å². The van der Waals surface area contributed by atoms with Crippen molar-refractivity contribution in [2.24, 2.45) is 11.8 Å². The monoisotopic (exact) mass is 158 g/mol. The van der Waals surface area contributed by atoms with Gasteiger partial charge in [-0.1, -0.05) is 0 Å². The third kappa shape index (κ3) is 3.18. The van der Waals surface area contributed by atoms with Gasteiger partial charge in [-0.05, 0) is 45.3 Å². The van der Waals surface area contributed by atoms with Gasteiger partial charge < -0.3 is 9.74 Å². The molecule has 0 saturated carbocycles. The number of hydrogen-bond acceptors (Lipinski definition) is 3. The molecule has 1 rings (SSSR count). The van der Waals surface area contributed by atoms with E-state index in [1.54, 1.807) is 0 Å². The van der Waals surface area contributed by atoms with Crippen LogP contribution in [0.4, 0.5) is 0 Å². The minimum absolute atomic E-state index is 0.717. The summed E-state index contributed by atoms with van der Waals surface area (Å²) in [6.07, 6.45) is 3.74. The zero-order valence-corrected chi connectivity index (χ0v) is 7.25. The topological polar surface area (TPSA) is 38.5 Å². The summed E-state index contributed by atoms with van der Waals surface area (Å²) >= 11 is 0. The Kier molecular flexibility index (Phi) is 3.83. The van der Waals surface area contributed by atoms with Crippen molar-refractivity contribution in [1.29, 1.82) is 0 Å². The second kappa shape index (κ2) is 4.70. The first kappa shape index (κ1) is 8.97. The zero-order chi connectivity index (χ0) is 8.10. The van der Waals surface area contributed by atoms with Crippen molar-refractivity contribution in [3.05, 3.63) is 0 Å². The summed E-state index contributed by atoms with van der Waals surface area (Å²) in [5.74, 6) is 5.80. The lowest BCUT2D eigenvalue weighted by atomic mass is 9.94. The predicted molar refractivity (Wildman–Crippen MR) is 45.0 cm³/mol. The molecular weight excluding hydrogens is 140 g/mol. The second-order valence-corrected chi connectivity index (χ2v) is 3.41. The van der Waals surface area contributed by atoms with Crippen LogP contribution in [-0.4, -0.2) is 31.6 Å². The van der Waals surface area contributed by atoms with Crippen LogP contribution in [0.5, 0.6) is 0 Å². The summed E-state index contributed by atoms with van der Waals surface area (Å²) in [6, 6.07) is 0. The van der Waals surface area contributed by atoms with Gasteiger partial charge in [0.05, 0.1) is 6.61 Å². The number of hydrogen-bond donors (Lipinski definition) is 1. The van der Waals surface area contributed by atoms with E-state index in [1.807, 2.05) is 0 Å². The van der Waals surface area contributed by atoms with Crippen LogP contribution in [0, 0.1) is 5.92 Å². The van der Waals surface area contributed by atoms with E-state index >= 15 is 0 Å². The molecule has 0 spiro atoms. The quantitative estimate of drug-likeness (QED) is 0.612. The van der Waals surface area contributed by atoms with Crippen molar-refractivity contribution in [3.8, 4) is 0 Å². The summed E-state index contributed by atoms with van der Waals surface area (Å²) in [5, 5.41) is 0. The first-order valence-electron chi connectivity index (χ1n) is 4.33. The van der Waals surface area contributed by atoms with Gasteiger partial charge in [0, 0.05) is 0 Å². The fourth-order valence-electron chi connectivity index (χ4n) is 1.59. The average molecular weight is 158 g/mol. The molecule has 0 aromatic heterocycles. The lowest BCUT2D eigenvalue weighted by Crippen LogP contribution is -2.30. The summed E-state index contributed by atoms with van der Waals surface area (Å²) < 4.78 is 0. The maximum absolute atomic E-state index is 4.96. The summed E-state index contributed by atoms with van der Waals surface area (Å²) in [7, 11) is 2.18. The molecule has 1 fully saturated rings. The molecule has 0 radical (unpaired) electrons. The molecule has 3 heteroatoms. The Morgan fingerprint density at radius 3 is 2.64 bits per heavy atom. The van der Waals surface area contributed by atoms with Crippen LogP contribution in [0.25, 0.3) is 0 Å². The normalized spacial score (nSPS) is 22.4. The standard InChI is InChI=1S/C8H18N2O/c1-10-5-2-8(3-6-10)4-7-11-9/h8H,2-7,9H2,1H3. The lowest BCUT2D eigenvalue weighted by molar-refractivity contribution is 0.107. The summed E-state index contributed by atoms with van der Waals surface area (Å²) in [4.78, 5) is 6.93. The van der Waals surface area contributed by atoms with E-state index in [0.29, 0.717) is 6.61 Å². The van der Waals surface area contributed by atoms with Crippen LogP contribution in [-0.2, 0) is 4.84 Å². The number of likely N-dealkylation sites (tertiary alicyclic amines) is 1. The van der Waals surface area contributed by atoms with E-state index < -0.39 is 0 Å². The zero-order valence-electron chi connectivity index (χ0n) is 7.25. The first-order chi connectivity index (χ1) is 5.33. The molecule has 0 unspecified atom stereocenters. The number of piperidine rings is 1. The van der Waals surface area contributed by atoms with Gasteiger partial charge in [-0.15, -0.1) is 0 Å². The Morgan fingerprint density at radius 1 is 1.45 bits per heavy atom. The minimum atomic E-state index is 0.717. The summed E-state index contributed by atoms with van der Waals surface area (Å²) in [6.45, 7) is 3.18. The summed E-state index contributed by atoms with van der Waals surface area (Å²) in [5.41, 5.74) is 0. The lowest BCUT2D eigenvalue weighted by Gasteiger charge is -2.28. The highest BCUT2D eigenvalue weighted by atomic mass is 16.6. The smallest absolute Gasteiger partial charge is 0.0681 e. The number of nitrogens with zero attached hydrogens (tertiary/aromatic N) is 1. The van der Waals surface area contributed by atoms with E-state index in [9.17, 15) is 0 Å². The van der Waals surface area contributed by atoms with E-state index in [4.69, 9.17) is 5.90 Å². The van der Waals surface area contributed by atoms with Gasteiger partial charge in [-0.25, -0.2) is 5.90 Å². The molecule has 0 bridgehead atoms. The largest absolute Gasteiger partial charge is 0.306 e. The van der Waals surface area contributed by atoms with E-state index in [1.165, 1.54) is 25.9 Å². The molecule has 1 heterocycles. The highest BCUT2D eigenvalue weighted by Crippen LogP contribution is 2.18. The van der Waals surface area contributed by atoms with Gasteiger partial charge in [0.15, 0.2) is 0 Å². The van der Waals surface area contributed by atoms with E-state index in [0.717, 1.165) is 12.3 Å². The van der Waals surface area contributed by atoms with Gasteiger partial charge >= 0.3 is 0 Å². The minimum Gasteiger partial charge on any atom is -0.306 e. The second-order valence-electron chi connectivity index (χ2n) is 3.41. The van der Waals surface area contributed by atoms with Crippen molar-refractivity contribution in [2.45, 2.75) is 19.3 Å². The molecule has 0 aromatic carbocycles. The Labute approximate surface area is 68.5 Å². The molecule has 0 atom stereocenters. The molecule has 66 valence electrons. The van der Waals surface area contributed by atoms with Gasteiger partial charge in [0.2, 0.25) is 0 Å².